The van der Waals surface area contributed by atoms with Crippen molar-refractivity contribution in [2.45, 2.75) is 41.5 Å². The predicted molar refractivity (Wildman–Crippen MR) is 95.2 cm³/mol. The molecule has 0 aromatic heterocycles. The summed E-state index contributed by atoms with van der Waals surface area (Å²) in [6, 6.07) is 8.91. The monoisotopic (exact) mass is 274 g/mol. The second-order valence-corrected chi connectivity index (χ2v) is 6.22. The summed E-state index contributed by atoms with van der Waals surface area (Å²) in [6.45, 7) is 13.0. The van der Waals surface area contributed by atoms with Crippen LogP contribution in [0.25, 0.3) is 0 Å². The van der Waals surface area contributed by atoms with Crippen molar-refractivity contribution in [2.75, 3.05) is 0 Å². The van der Waals surface area contributed by atoms with Crippen LogP contribution in [0.2, 0.25) is 0 Å². The molecule has 0 atom stereocenters. The summed E-state index contributed by atoms with van der Waals surface area (Å²) in [5.74, 6) is 3.04. The van der Waals surface area contributed by atoms with E-state index in [1.54, 1.807) is 0 Å². The highest BCUT2D eigenvalue weighted by atomic mass is 14.1. The Morgan fingerprint density at radius 3 is 1.19 bits per heavy atom. The van der Waals surface area contributed by atoms with Crippen LogP contribution in [0.5, 0.6) is 0 Å². The number of hydrogen-bond donors (Lipinski definition) is 0. The van der Waals surface area contributed by atoms with E-state index in [9.17, 15) is 0 Å². The molecule has 2 aromatic carbocycles. The van der Waals surface area contributed by atoms with Crippen LogP contribution in [-0.2, 0) is 0 Å². The van der Waals surface area contributed by atoms with Crippen molar-refractivity contribution >= 4 is 17.6 Å². The van der Waals surface area contributed by atoms with Gasteiger partial charge < -0.3 is 0 Å². The van der Waals surface area contributed by atoms with Crippen LogP contribution in [-0.4, -0.2) is 6.71 Å². The highest BCUT2D eigenvalue weighted by molar-refractivity contribution is 6.92. The quantitative estimate of drug-likeness (QED) is 0.582. The van der Waals surface area contributed by atoms with Crippen LogP contribution in [0.15, 0.2) is 24.3 Å². The van der Waals surface area contributed by atoms with Gasteiger partial charge in [0.2, 0.25) is 0 Å². The van der Waals surface area contributed by atoms with Gasteiger partial charge >= 0.3 is 0 Å². The molecule has 2 rings (SSSR count). The summed E-state index contributed by atoms with van der Waals surface area (Å²) in [7, 11) is 0. The van der Waals surface area contributed by atoms with Gasteiger partial charge in [0.05, 0.1) is 0 Å². The normalized spacial score (nSPS) is 10.3. The Bertz CT molecular complexity index is 628. The Morgan fingerprint density at radius 1 is 0.667 bits per heavy atom. The summed E-state index contributed by atoms with van der Waals surface area (Å²) in [6.07, 6.45) is 5.94. The molecular weight excluding hydrogens is 251 g/mol. The third-order valence-corrected chi connectivity index (χ3v) is 4.22. The fourth-order valence-electron chi connectivity index (χ4n) is 3.60. The van der Waals surface area contributed by atoms with Gasteiger partial charge in [-0.25, -0.2) is 0 Å². The molecule has 21 heavy (non-hydrogen) atoms. The minimum atomic E-state index is 0.0335. The van der Waals surface area contributed by atoms with Gasteiger partial charge in [-0.05, 0) is 41.5 Å². The Labute approximate surface area is 129 Å². The molecule has 2 aromatic rings. The van der Waals surface area contributed by atoms with E-state index < -0.39 is 0 Å². The Morgan fingerprint density at radius 2 is 0.952 bits per heavy atom. The Kier molecular flexibility index (Phi) is 4.28. The molecule has 0 bridgehead atoms. The summed E-state index contributed by atoms with van der Waals surface area (Å²) in [5, 5.41) is 0. The van der Waals surface area contributed by atoms with Crippen molar-refractivity contribution in [2.24, 2.45) is 0 Å². The van der Waals surface area contributed by atoms with Gasteiger partial charge in [-0.1, -0.05) is 68.6 Å². The van der Waals surface area contributed by atoms with E-state index in [-0.39, 0.29) is 6.71 Å². The van der Waals surface area contributed by atoms with Gasteiger partial charge in [0.25, 0.3) is 6.71 Å². The van der Waals surface area contributed by atoms with E-state index in [4.69, 9.17) is 6.42 Å². The van der Waals surface area contributed by atoms with Crippen LogP contribution in [0.3, 0.4) is 0 Å². The first-order chi connectivity index (χ1) is 9.85. The lowest BCUT2D eigenvalue weighted by molar-refractivity contribution is 1.34. The number of hydrogen-bond acceptors (Lipinski definition) is 0. The maximum absolute atomic E-state index is 5.94. The molecule has 0 heterocycles. The van der Waals surface area contributed by atoms with Gasteiger partial charge in [0.1, 0.15) is 0 Å². The van der Waals surface area contributed by atoms with Crippen LogP contribution in [0.1, 0.15) is 33.4 Å². The maximum Gasteiger partial charge on any atom is 0.296 e. The lowest BCUT2D eigenvalue weighted by atomic mass is 9.38. The van der Waals surface area contributed by atoms with Crippen LogP contribution >= 0.6 is 0 Å². The van der Waals surface area contributed by atoms with Crippen molar-refractivity contribution in [3.05, 3.63) is 57.6 Å². The molecule has 0 saturated carbocycles. The van der Waals surface area contributed by atoms with Gasteiger partial charge in [0.15, 0.2) is 0 Å². The second-order valence-electron chi connectivity index (χ2n) is 6.22. The average molecular weight is 274 g/mol. The lowest BCUT2D eigenvalue weighted by Crippen LogP contribution is -2.46. The molecule has 0 radical (unpaired) electrons. The molecule has 106 valence electrons. The van der Waals surface area contributed by atoms with Gasteiger partial charge in [-0.3, -0.25) is 0 Å². The zero-order chi connectivity index (χ0) is 15.7. The number of terminal acetylenes is 1. The van der Waals surface area contributed by atoms with Gasteiger partial charge in [-0.2, -0.15) is 0 Å². The predicted octanol–water partition coefficient (Wildman–Crippen LogP) is 3.32. The molecule has 0 aliphatic rings. The third kappa shape index (κ3) is 2.90. The van der Waals surface area contributed by atoms with Crippen molar-refractivity contribution in [1.82, 2.24) is 0 Å². The summed E-state index contributed by atoms with van der Waals surface area (Å²) in [4.78, 5) is 0. The van der Waals surface area contributed by atoms with Crippen molar-refractivity contribution in [1.29, 1.82) is 0 Å². The van der Waals surface area contributed by atoms with E-state index in [1.807, 2.05) is 0 Å². The van der Waals surface area contributed by atoms with Crippen LogP contribution in [0, 0.1) is 53.8 Å². The first-order valence-electron chi connectivity index (χ1n) is 7.46. The maximum atomic E-state index is 5.94. The second kappa shape index (κ2) is 5.82. The molecule has 0 nitrogen and oxygen atoms in total. The summed E-state index contributed by atoms with van der Waals surface area (Å²) in [5.41, 5.74) is 10.3. The van der Waals surface area contributed by atoms with E-state index in [0.717, 1.165) is 0 Å². The highest BCUT2D eigenvalue weighted by Crippen LogP contribution is 2.11. The van der Waals surface area contributed by atoms with Crippen molar-refractivity contribution in [3.63, 3.8) is 0 Å². The number of aryl methyl sites for hydroxylation is 6. The van der Waals surface area contributed by atoms with Gasteiger partial charge in [0, 0.05) is 0 Å². The molecule has 0 fully saturated rings. The van der Waals surface area contributed by atoms with E-state index in [2.05, 4.69) is 71.6 Å². The highest BCUT2D eigenvalue weighted by Gasteiger charge is 2.24. The van der Waals surface area contributed by atoms with E-state index in [0.29, 0.717) is 0 Å². The molecule has 0 saturated heterocycles. The average Bonchev–Trinajstić information content (AvgIpc) is 2.34. The molecule has 0 aliphatic heterocycles. The first-order valence-corrected chi connectivity index (χ1v) is 7.46. The largest absolute Gasteiger partial charge is 0.296 e. The minimum Gasteiger partial charge on any atom is -0.146 e. The van der Waals surface area contributed by atoms with Crippen LogP contribution in [0.4, 0.5) is 0 Å². The number of rotatable bonds is 2. The SMILES string of the molecule is C#CB(c1c(C)cc(C)cc1C)c1c(C)cc(C)cc1C. The third-order valence-electron chi connectivity index (χ3n) is 4.22. The van der Waals surface area contributed by atoms with Crippen molar-refractivity contribution in [3.8, 4) is 12.2 Å². The first kappa shape index (κ1) is 15.5. The number of benzene rings is 2. The molecule has 0 unspecified atom stereocenters. The summed E-state index contributed by atoms with van der Waals surface area (Å²) < 4.78 is 0. The standard InChI is InChI=1S/C20H23B/c1-8-21(19-15(4)9-13(2)10-16(19)5)20-17(6)11-14(3)12-18(20)7/h1,9-12H,2-7H3. The summed E-state index contributed by atoms with van der Waals surface area (Å²) >= 11 is 0. The topological polar surface area (TPSA) is 0 Å². The zero-order valence-corrected chi connectivity index (χ0v) is 14.0. The van der Waals surface area contributed by atoms with Gasteiger partial charge in [-0.15, -0.1) is 12.2 Å². The molecule has 0 spiro atoms. The fourth-order valence-corrected chi connectivity index (χ4v) is 3.60. The fraction of sp³-hybridized carbons (Fsp3) is 0.300. The van der Waals surface area contributed by atoms with Crippen LogP contribution < -0.4 is 10.9 Å². The smallest absolute Gasteiger partial charge is 0.146 e. The molecule has 0 N–H and O–H groups in total. The Balaban J connectivity index is 2.70. The van der Waals surface area contributed by atoms with E-state index in [1.165, 1.54) is 44.3 Å². The van der Waals surface area contributed by atoms with Crippen molar-refractivity contribution < 1.29 is 0 Å². The molecular formula is C20H23B. The van der Waals surface area contributed by atoms with E-state index >= 15 is 0 Å². The molecule has 1 heteroatoms. The minimum absolute atomic E-state index is 0.0335. The zero-order valence-electron chi connectivity index (χ0n) is 14.0. The molecule has 0 amide bonds. The Hall–Kier alpha value is -1.94. The lowest BCUT2D eigenvalue weighted by Gasteiger charge is -2.20. The molecule has 0 aliphatic carbocycles.